The van der Waals surface area contributed by atoms with Crippen LogP contribution in [0, 0.1) is 19.5 Å². The summed E-state index contributed by atoms with van der Waals surface area (Å²) in [5, 5.41) is 14.1. The van der Waals surface area contributed by atoms with Gasteiger partial charge in [-0.25, -0.2) is 4.39 Å². The van der Waals surface area contributed by atoms with E-state index in [9.17, 15) is 14.5 Å². The fraction of sp³-hybridized carbons (Fsp3) is 0.455. The molecule has 1 fully saturated rings. The summed E-state index contributed by atoms with van der Waals surface area (Å²) in [5.74, 6) is -0.494. The Balaban J connectivity index is 2.24. The number of piperidine rings is 1. The number of ether oxygens (including phenoxy) is 1. The molecule has 1 atom stereocenters. The number of nitrogens with one attached hydrogen (secondary N) is 1. The highest BCUT2D eigenvalue weighted by Crippen LogP contribution is 2.32. The molecular weight excluding hydrogens is 354 g/mol. The molecule has 18 heavy (non-hydrogen) atoms. The van der Waals surface area contributed by atoms with Crippen molar-refractivity contribution < 1.29 is 14.1 Å². The number of hydrogen-bond donors (Lipinski definition) is 1. The summed E-state index contributed by atoms with van der Waals surface area (Å²) in [5.41, 5.74) is -0.189. The Labute approximate surface area is 117 Å². The number of benzene rings is 1. The molecule has 1 saturated heterocycles. The molecule has 0 amide bonds. The van der Waals surface area contributed by atoms with E-state index in [1.807, 2.05) is 0 Å². The molecule has 2 rings (SSSR count). The van der Waals surface area contributed by atoms with Gasteiger partial charge in [0.1, 0.15) is 11.9 Å². The minimum absolute atomic E-state index is 0.00613. The third-order valence-corrected chi connectivity index (χ3v) is 3.57. The summed E-state index contributed by atoms with van der Waals surface area (Å²) < 4.78 is 19.2. The van der Waals surface area contributed by atoms with Gasteiger partial charge in [0.15, 0.2) is 5.75 Å². The van der Waals surface area contributed by atoms with Crippen molar-refractivity contribution in [1.82, 2.24) is 5.32 Å². The first-order valence-corrected chi connectivity index (χ1v) is 6.66. The maximum absolute atomic E-state index is 13.5. The van der Waals surface area contributed by atoms with Crippen LogP contribution in [0.15, 0.2) is 12.1 Å². The molecular formula is C11H12FIN2O3. The number of halogens is 2. The van der Waals surface area contributed by atoms with Crippen LogP contribution in [0.25, 0.3) is 0 Å². The molecule has 1 aromatic carbocycles. The molecule has 1 N–H and O–H groups in total. The zero-order chi connectivity index (χ0) is 13.1. The SMILES string of the molecule is O=[N+]([O-])c1cc(I)c(F)cc1OC1CCCNC1. The maximum Gasteiger partial charge on any atom is 0.312 e. The van der Waals surface area contributed by atoms with Gasteiger partial charge in [0.05, 0.1) is 8.49 Å². The lowest BCUT2D eigenvalue weighted by molar-refractivity contribution is -0.386. The fourth-order valence-corrected chi connectivity index (χ4v) is 2.31. The van der Waals surface area contributed by atoms with Gasteiger partial charge < -0.3 is 10.1 Å². The van der Waals surface area contributed by atoms with E-state index in [1.54, 1.807) is 22.6 Å². The summed E-state index contributed by atoms with van der Waals surface area (Å²) in [7, 11) is 0. The third-order valence-electron chi connectivity index (χ3n) is 2.74. The highest BCUT2D eigenvalue weighted by Gasteiger charge is 2.23. The number of nitro groups is 1. The molecule has 1 heterocycles. The molecule has 0 radical (unpaired) electrons. The Kier molecular flexibility index (Phi) is 4.33. The summed E-state index contributed by atoms with van der Waals surface area (Å²) >= 11 is 1.72. The first-order valence-electron chi connectivity index (χ1n) is 5.58. The molecule has 0 bridgehead atoms. The van der Waals surface area contributed by atoms with Crippen LogP contribution < -0.4 is 10.1 Å². The Morgan fingerprint density at radius 2 is 2.33 bits per heavy atom. The van der Waals surface area contributed by atoms with Crippen molar-refractivity contribution in [2.75, 3.05) is 13.1 Å². The normalized spacial score (nSPS) is 19.6. The van der Waals surface area contributed by atoms with E-state index in [2.05, 4.69) is 5.32 Å². The van der Waals surface area contributed by atoms with Gasteiger partial charge in [-0.3, -0.25) is 10.1 Å². The van der Waals surface area contributed by atoms with Gasteiger partial charge in [0.25, 0.3) is 0 Å². The molecule has 1 unspecified atom stereocenters. The van der Waals surface area contributed by atoms with Crippen LogP contribution in [0.2, 0.25) is 0 Å². The van der Waals surface area contributed by atoms with Crippen LogP contribution in [0.3, 0.4) is 0 Å². The molecule has 5 nitrogen and oxygen atoms in total. The summed E-state index contributed by atoms with van der Waals surface area (Å²) in [4.78, 5) is 10.4. The topological polar surface area (TPSA) is 64.4 Å². The second-order valence-electron chi connectivity index (χ2n) is 4.08. The molecule has 7 heteroatoms. The monoisotopic (exact) mass is 366 g/mol. The fourth-order valence-electron chi connectivity index (χ4n) is 1.86. The molecule has 1 aromatic rings. The van der Waals surface area contributed by atoms with Crippen molar-refractivity contribution in [3.05, 3.63) is 31.6 Å². The van der Waals surface area contributed by atoms with E-state index >= 15 is 0 Å². The molecule has 98 valence electrons. The van der Waals surface area contributed by atoms with Gasteiger partial charge in [-0.1, -0.05) is 0 Å². The number of nitro benzene ring substituents is 1. The predicted molar refractivity (Wildman–Crippen MR) is 72.3 cm³/mol. The zero-order valence-electron chi connectivity index (χ0n) is 9.49. The first-order chi connectivity index (χ1) is 8.58. The Hall–Kier alpha value is -0.960. The van der Waals surface area contributed by atoms with Crippen LogP contribution in [0.1, 0.15) is 12.8 Å². The Morgan fingerprint density at radius 3 is 2.94 bits per heavy atom. The summed E-state index contributed by atoms with van der Waals surface area (Å²) in [6, 6.07) is 2.29. The minimum atomic E-state index is -0.548. The zero-order valence-corrected chi connectivity index (χ0v) is 11.6. The molecule has 0 aromatic heterocycles. The smallest absolute Gasteiger partial charge is 0.312 e. The van der Waals surface area contributed by atoms with Gasteiger partial charge in [0, 0.05) is 18.7 Å². The second-order valence-corrected chi connectivity index (χ2v) is 5.24. The van der Waals surface area contributed by atoms with E-state index in [1.165, 1.54) is 6.07 Å². The third kappa shape index (κ3) is 3.08. The lowest BCUT2D eigenvalue weighted by Gasteiger charge is -2.23. The van der Waals surface area contributed by atoms with Crippen molar-refractivity contribution in [2.45, 2.75) is 18.9 Å². The van der Waals surface area contributed by atoms with Crippen LogP contribution in [0.5, 0.6) is 5.75 Å². The van der Waals surface area contributed by atoms with Crippen LogP contribution >= 0.6 is 22.6 Å². The molecule has 1 aliphatic rings. The van der Waals surface area contributed by atoms with E-state index < -0.39 is 10.7 Å². The second kappa shape index (κ2) is 5.79. The lowest BCUT2D eigenvalue weighted by Crippen LogP contribution is -2.37. The average molecular weight is 366 g/mol. The quantitative estimate of drug-likeness (QED) is 0.507. The van der Waals surface area contributed by atoms with Crippen molar-refractivity contribution in [3.63, 3.8) is 0 Å². The van der Waals surface area contributed by atoms with Crippen LogP contribution in [0.4, 0.5) is 10.1 Å². The van der Waals surface area contributed by atoms with Crippen molar-refractivity contribution >= 4 is 28.3 Å². The molecule has 0 spiro atoms. The van der Waals surface area contributed by atoms with Crippen molar-refractivity contribution in [3.8, 4) is 5.75 Å². The number of hydrogen-bond acceptors (Lipinski definition) is 4. The van der Waals surface area contributed by atoms with Gasteiger partial charge in [0.2, 0.25) is 0 Å². The molecule has 0 aliphatic carbocycles. The highest BCUT2D eigenvalue weighted by molar-refractivity contribution is 14.1. The summed E-state index contributed by atoms with van der Waals surface area (Å²) in [6.45, 7) is 1.55. The maximum atomic E-state index is 13.5. The van der Waals surface area contributed by atoms with Crippen LogP contribution in [-0.2, 0) is 0 Å². The summed E-state index contributed by atoms with van der Waals surface area (Å²) in [6.07, 6.45) is 1.63. The van der Waals surface area contributed by atoms with E-state index in [0.29, 0.717) is 6.54 Å². The van der Waals surface area contributed by atoms with Gasteiger partial charge in [-0.2, -0.15) is 0 Å². The van der Waals surface area contributed by atoms with Gasteiger partial charge >= 0.3 is 5.69 Å². The standard InChI is InChI=1S/C11H12FIN2O3/c12-8-4-11(10(15(16)17)5-9(8)13)18-7-2-1-3-14-6-7/h4-5,7,14H,1-3,6H2. The number of nitrogens with zero attached hydrogens (tertiary/aromatic N) is 1. The Bertz CT molecular complexity index is 464. The van der Waals surface area contributed by atoms with E-state index in [4.69, 9.17) is 4.74 Å². The lowest BCUT2D eigenvalue weighted by atomic mass is 10.1. The average Bonchev–Trinajstić information content (AvgIpc) is 2.34. The van der Waals surface area contributed by atoms with Crippen molar-refractivity contribution in [1.29, 1.82) is 0 Å². The first kappa shape index (κ1) is 13.5. The van der Waals surface area contributed by atoms with E-state index in [0.717, 1.165) is 25.5 Å². The van der Waals surface area contributed by atoms with E-state index in [-0.39, 0.29) is 21.1 Å². The Morgan fingerprint density at radius 1 is 1.56 bits per heavy atom. The van der Waals surface area contributed by atoms with Gasteiger partial charge in [-0.05, 0) is 42.0 Å². The number of rotatable bonds is 3. The van der Waals surface area contributed by atoms with Gasteiger partial charge in [-0.15, -0.1) is 0 Å². The largest absolute Gasteiger partial charge is 0.482 e. The minimum Gasteiger partial charge on any atom is -0.482 e. The highest BCUT2D eigenvalue weighted by atomic mass is 127. The van der Waals surface area contributed by atoms with Crippen molar-refractivity contribution in [2.24, 2.45) is 0 Å². The van der Waals surface area contributed by atoms with Crippen LogP contribution in [-0.4, -0.2) is 24.1 Å². The molecule has 1 aliphatic heterocycles. The molecule has 0 saturated carbocycles. The predicted octanol–water partition coefficient (Wildman–Crippen LogP) is 2.47.